The van der Waals surface area contributed by atoms with Gasteiger partial charge in [0.15, 0.2) is 5.11 Å². The van der Waals surface area contributed by atoms with Crippen molar-refractivity contribution < 1.29 is 26.3 Å². The highest BCUT2D eigenvalue weighted by molar-refractivity contribution is 8.02. The topological polar surface area (TPSA) is 40.2 Å². The Balaban J connectivity index is 1.71. The fourth-order valence-corrected chi connectivity index (χ4v) is 3.72. The fourth-order valence-electron chi connectivity index (χ4n) is 2.73. The second-order valence-electron chi connectivity index (χ2n) is 6.62. The monoisotopic (exact) mass is 478 g/mol. The number of nitrogens with one attached hydrogen (secondary N) is 2. The van der Waals surface area contributed by atoms with Gasteiger partial charge >= 0.3 is 12.4 Å². The van der Waals surface area contributed by atoms with Gasteiger partial charge in [-0.3, -0.25) is 0 Å². The van der Waals surface area contributed by atoms with Crippen molar-refractivity contribution >= 4 is 40.6 Å². The molecule has 0 aliphatic carbocycles. The molecule has 12 heteroatoms. The van der Waals surface area contributed by atoms with E-state index in [4.69, 9.17) is 12.2 Å². The minimum absolute atomic E-state index is 0.0321. The molecule has 0 saturated carbocycles. The number of aromatic nitrogens is 1. The molecule has 2 aromatic rings. The van der Waals surface area contributed by atoms with Crippen molar-refractivity contribution in [2.75, 3.05) is 16.1 Å². The molecule has 1 aliphatic rings. The Bertz CT molecular complexity index is 941. The first-order valence-electron chi connectivity index (χ1n) is 8.81. The lowest BCUT2D eigenvalue weighted by atomic mass is 10.0. The minimum Gasteiger partial charge on any atom is -0.356 e. The van der Waals surface area contributed by atoms with Gasteiger partial charge in [0.05, 0.1) is 34.9 Å². The molecule has 1 atom stereocenters. The quantitative estimate of drug-likeness (QED) is 0.406. The van der Waals surface area contributed by atoms with E-state index in [9.17, 15) is 26.3 Å². The van der Waals surface area contributed by atoms with Crippen LogP contribution in [0.1, 0.15) is 29.7 Å². The van der Waals surface area contributed by atoms with Crippen LogP contribution in [0.15, 0.2) is 48.1 Å². The SMILES string of the molecule is C[C@H](NC(=S)Nc1ccc(N2C=CSC2)nc1)c1cc(C(F)(F)F)cc(C(F)(F)F)c1. The third-order valence-electron chi connectivity index (χ3n) is 4.31. The van der Waals surface area contributed by atoms with E-state index in [0.29, 0.717) is 17.8 Å². The number of thiocarbonyl (C=S) groups is 1. The van der Waals surface area contributed by atoms with Crippen LogP contribution in [0, 0.1) is 0 Å². The first kappa shape index (κ1) is 23.2. The Hall–Kier alpha value is -2.47. The van der Waals surface area contributed by atoms with Crippen LogP contribution in [0.2, 0.25) is 0 Å². The van der Waals surface area contributed by atoms with Gasteiger partial charge in [-0.2, -0.15) is 26.3 Å². The lowest BCUT2D eigenvalue weighted by Gasteiger charge is -2.20. The summed E-state index contributed by atoms with van der Waals surface area (Å²) in [5.41, 5.74) is -2.43. The maximum absolute atomic E-state index is 13.1. The van der Waals surface area contributed by atoms with Crippen LogP contribution in [-0.4, -0.2) is 16.0 Å². The van der Waals surface area contributed by atoms with Crippen LogP contribution in [0.5, 0.6) is 0 Å². The Morgan fingerprint density at radius 2 is 1.74 bits per heavy atom. The summed E-state index contributed by atoms with van der Waals surface area (Å²) in [4.78, 5) is 6.22. The summed E-state index contributed by atoms with van der Waals surface area (Å²) in [5.74, 6) is 1.47. The molecule has 1 aromatic heterocycles. The third kappa shape index (κ3) is 6.03. The zero-order valence-electron chi connectivity index (χ0n) is 15.9. The molecule has 0 radical (unpaired) electrons. The summed E-state index contributed by atoms with van der Waals surface area (Å²) in [5, 5.41) is 7.50. The van der Waals surface area contributed by atoms with Crippen LogP contribution in [0.3, 0.4) is 0 Å². The van der Waals surface area contributed by atoms with Gasteiger partial charge in [-0.1, -0.05) is 0 Å². The summed E-state index contributed by atoms with van der Waals surface area (Å²) < 4.78 is 78.3. The van der Waals surface area contributed by atoms with Gasteiger partial charge in [0, 0.05) is 6.20 Å². The van der Waals surface area contributed by atoms with E-state index >= 15 is 0 Å². The Labute approximate surface area is 183 Å². The number of alkyl halides is 6. The second kappa shape index (κ2) is 8.95. The fraction of sp³-hybridized carbons (Fsp3) is 0.263. The standard InChI is InChI=1S/C19H16F6N4S2/c1-11(12-6-13(18(20,21)22)8-14(7-12)19(23,24)25)27-17(30)28-15-2-3-16(26-9-15)29-4-5-31-10-29/h2-9,11H,10H2,1H3,(H2,27,28,30)/t11-/m0/s1. The minimum atomic E-state index is -4.91. The number of halogens is 6. The Morgan fingerprint density at radius 1 is 1.10 bits per heavy atom. The zero-order chi connectivity index (χ0) is 22.8. The van der Waals surface area contributed by atoms with Crippen LogP contribution >= 0.6 is 24.0 Å². The molecule has 2 heterocycles. The van der Waals surface area contributed by atoms with Gasteiger partial charge in [-0.15, -0.1) is 11.8 Å². The molecule has 0 unspecified atom stereocenters. The van der Waals surface area contributed by atoms with Crippen molar-refractivity contribution in [1.82, 2.24) is 10.3 Å². The molecule has 0 fully saturated rings. The molecule has 0 spiro atoms. The lowest BCUT2D eigenvalue weighted by molar-refractivity contribution is -0.143. The molecule has 1 aromatic carbocycles. The predicted octanol–water partition coefficient (Wildman–Crippen LogP) is 6.15. The third-order valence-corrected chi connectivity index (χ3v) is 5.27. The van der Waals surface area contributed by atoms with Crippen molar-refractivity contribution in [3.8, 4) is 0 Å². The van der Waals surface area contributed by atoms with E-state index in [1.807, 2.05) is 16.5 Å². The Morgan fingerprint density at radius 3 is 2.23 bits per heavy atom. The molecule has 3 rings (SSSR count). The van der Waals surface area contributed by atoms with Crippen LogP contribution in [0.4, 0.5) is 37.8 Å². The van der Waals surface area contributed by atoms with Gasteiger partial charge in [-0.05, 0) is 60.4 Å². The molecule has 2 N–H and O–H groups in total. The number of pyridine rings is 1. The summed E-state index contributed by atoms with van der Waals surface area (Å²) in [6.07, 6.45) is -6.41. The van der Waals surface area contributed by atoms with E-state index in [1.54, 1.807) is 23.9 Å². The molecule has 166 valence electrons. The molecule has 31 heavy (non-hydrogen) atoms. The maximum Gasteiger partial charge on any atom is 0.416 e. The number of anilines is 2. The van der Waals surface area contributed by atoms with E-state index in [1.165, 1.54) is 13.1 Å². The number of benzene rings is 1. The van der Waals surface area contributed by atoms with E-state index < -0.39 is 29.5 Å². The highest BCUT2D eigenvalue weighted by Gasteiger charge is 2.37. The summed E-state index contributed by atoms with van der Waals surface area (Å²) in [6, 6.07) is 3.99. The van der Waals surface area contributed by atoms with E-state index in [2.05, 4.69) is 15.6 Å². The predicted molar refractivity (Wildman–Crippen MR) is 113 cm³/mol. The summed E-state index contributed by atoms with van der Waals surface area (Å²) >= 11 is 6.77. The van der Waals surface area contributed by atoms with Crippen LogP contribution < -0.4 is 15.5 Å². The zero-order valence-corrected chi connectivity index (χ0v) is 17.5. The number of nitrogens with zero attached hydrogens (tertiary/aromatic N) is 2. The van der Waals surface area contributed by atoms with Crippen LogP contribution in [-0.2, 0) is 12.4 Å². The molecular formula is C19H16F6N4S2. The summed E-state index contributed by atoms with van der Waals surface area (Å²) in [6.45, 7) is 1.42. The van der Waals surface area contributed by atoms with Crippen molar-refractivity contribution in [1.29, 1.82) is 0 Å². The van der Waals surface area contributed by atoms with Gasteiger partial charge in [0.25, 0.3) is 0 Å². The maximum atomic E-state index is 13.1. The average molecular weight is 478 g/mol. The van der Waals surface area contributed by atoms with Crippen LogP contribution in [0.25, 0.3) is 0 Å². The van der Waals surface area contributed by atoms with Gasteiger partial charge in [0.1, 0.15) is 5.82 Å². The summed E-state index contributed by atoms with van der Waals surface area (Å²) in [7, 11) is 0. The molecule has 0 amide bonds. The molecule has 1 aliphatic heterocycles. The molecular weight excluding hydrogens is 462 g/mol. The normalized spacial score (nSPS) is 15.1. The second-order valence-corrected chi connectivity index (χ2v) is 7.89. The number of thioether (sulfide) groups is 1. The van der Waals surface area contributed by atoms with Crippen molar-refractivity contribution in [3.05, 3.63) is 64.8 Å². The first-order valence-corrected chi connectivity index (χ1v) is 10.3. The van der Waals surface area contributed by atoms with Crippen molar-refractivity contribution in [3.63, 3.8) is 0 Å². The molecule has 4 nitrogen and oxygen atoms in total. The molecule has 0 saturated heterocycles. The largest absolute Gasteiger partial charge is 0.416 e. The highest BCUT2D eigenvalue weighted by atomic mass is 32.2. The smallest absolute Gasteiger partial charge is 0.356 e. The van der Waals surface area contributed by atoms with E-state index in [0.717, 1.165) is 11.7 Å². The lowest BCUT2D eigenvalue weighted by Crippen LogP contribution is -2.31. The van der Waals surface area contributed by atoms with Gasteiger partial charge < -0.3 is 15.5 Å². The Kier molecular flexibility index (Phi) is 6.70. The average Bonchev–Trinajstić information content (AvgIpc) is 3.21. The molecule has 0 bridgehead atoms. The van der Waals surface area contributed by atoms with Crippen molar-refractivity contribution in [2.45, 2.75) is 25.3 Å². The van der Waals surface area contributed by atoms with Gasteiger partial charge in [-0.25, -0.2) is 4.98 Å². The number of hydrogen-bond donors (Lipinski definition) is 2. The van der Waals surface area contributed by atoms with Crippen molar-refractivity contribution in [2.24, 2.45) is 0 Å². The van der Waals surface area contributed by atoms with E-state index in [-0.39, 0.29) is 16.7 Å². The first-order chi connectivity index (χ1) is 14.4. The highest BCUT2D eigenvalue weighted by Crippen LogP contribution is 2.37. The van der Waals surface area contributed by atoms with Gasteiger partial charge in [0.2, 0.25) is 0 Å². The number of rotatable bonds is 4. The number of hydrogen-bond acceptors (Lipinski definition) is 4.